The molecule has 2 amide bonds. The fourth-order valence-corrected chi connectivity index (χ4v) is 4.37. The normalized spacial score (nSPS) is 13.7. The van der Waals surface area contributed by atoms with Crippen molar-refractivity contribution in [2.45, 2.75) is 50.0 Å². The number of aliphatic imine (C=N–C) groups is 2. The van der Waals surface area contributed by atoms with E-state index < -0.39 is 96.4 Å². The predicted octanol–water partition coefficient (Wildman–Crippen LogP) is -3.35. The number of carboxylic acid groups (broad SMARTS) is 3. The minimum atomic E-state index is -1.93. The van der Waals surface area contributed by atoms with Gasteiger partial charge in [0, 0.05) is 24.2 Å². The van der Waals surface area contributed by atoms with Gasteiger partial charge in [-0.15, -0.1) is 5.75 Å². The molecule has 0 radical (unpaired) electrons. The van der Waals surface area contributed by atoms with Gasteiger partial charge in [0.25, 0.3) is 11.5 Å². The Hall–Kier alpha value is -5.91. The maximum atomic E-state index is 12.7. The minimum absolute atomic E-state index is 0.00153. The summed E-state index contributed by atoms with van der Waals surface area (Å²) in [6.07, 6.45) is -0.457. The number of anilines is 2. The van der Waals surface area contributed by atoms with Gasteiger partial charge in [-0.25, -0.2) is 19.6 Å². The van der Waals surface area contributed by atoms with E-state index >= 15 is 0 Å². The Morgan fingerprint density at radius 1 is 1.00 bits per heavy atom. The van der Waals surface area contributed by atoms with Crippen molar-refractivity contribution in [3.05, 3.63) is 57.8 Å². The van der Waals surface area contributed by atoms with Crippen LogP contribution in [0.3, 0.4) is 0 Å². The molecule has 0 unspecified atom stereocenters. The monoisotopic (exact) mass is 854 g/mol. The number of aromatic amines is 1. The Balaban J connectivity index is 0.00000495. The van der Waals surface area contributed by atoms with E-state index in [-0.39, 0.29) is 35.6 Å². The number of nitrogens with two attached hydrogens (primary N) is 1. The van der Waals surface area contributed by atoms with E-state index in [9.17, 15) is 44.1 Å². The molecule has 0 saturated heterocycles. The molecule has 0 aliphatic carbocycles. The number of fused-ring (bicyclic) bond motifs is 1. The fourth-order valence-electron chi connectivity index (χ4n) is 4.15. The molecule has 2 aromatic heterocycles. The van der Waals surface area contributed by atoms with Gasteiger partial charge in [-0.2, -0.15) is 4.98 Å². The molecule has 3 aromatic rings. The molecule has 54 heavy (non-hydrogen) atoms. The van der Waals surface area contributed by atoms with Crippen molar-refractivity contribution in [3.8, 4) is 0 Å². The van der Waals surface area contributed by atoms with E-state index in [1.807, 2.05) is 0 Å². The maximum absolute atomic E-state index is 12.7. The van der Waals surface area contributed by atoms with Crippen molar-refractivity contribution in [1.82, 2.24) is 30.6 Å². The van der Waals surface area contributed by atoms with E-state index in [0.717, 1.165) is 18.9 Å². The standard InChI is InChI=1S/C29H34N11O11S.O.Tc/c30-15(24(45)37-17(7-20(42)43)25(46)38-18(11-52)28(50)51)10-33-19(41)6-5-16(27(48)49)36-23(44)12-1-3-13(4-2-12)32-8-14-9-34-22-21(35-14)26(47)40-29(31)39-22;;/h1-4,9,15-18,30,32,52H,5-8,10-11H2,(H,33,41)(H,36,44)(H,37,45)(H,38,46)(H,42,43)(H,48,49)(H,50,51)(H3,31,34,39,40,47);;/q-1;;+4/p-3/t15-,16+,17-,18-;;/m0../s1. The summed E-state index contributed by atoms with van der Waals surface area (Å²) in [7, 11) is 0. The molecular weight excluding hydrogens is 824 g/mol. The zero-order valence-electron chi connectivity index (χ0n) is 27.6. The van der Waals surface area contributed by atoms with Crippen LogP contribution in [-0.2, 0) is 60.7 Å². The van der Waals surface area contributed by atoms with Gasteiger partial charge in [-0.3, -0.25) is 34.1 Å². The Kier molecular flexibility index (Phi) is 17.7. The number of hydrogen-bond acceptors (Lipinski definition) is 17. The molecule has 0 aliphatic heterocycles. The van der Waals surface area contributed by atoms with E-state index in [4.69, 9.17) is 25.2 Å². The second-order valence-electron chi connectivity index (χ2n) is 10.7. The Bertz CT molecular complexity index is 1950. The zero-order chi connectivity index (χ0) is 40.5. The van der Waals surface area contributed by atoms with Gasteiger partial charge in [-0.1, -0.05) is 11.9 Å². The van der Waals surface area contributed by atoms with Crippen molar-refractivity contribution in [2.24, 2.45) is 9.98 Å². The molecule has 1 aromatic carbocycles. The molecule has 0 spiro atoms. The van der Waals surface area contributed by atoms with Crippen LogP contribution in [0.25, 0.3) is 16.9 Å². The number of hydrogen-bond donors (Lipinski definition) is 8. The van der Waals surface area contributed by atoms with E-state index in [1.54, 1.807) is 0 Å². The van der Waals surface area contributed by atoms with Crippen LogP contribution in [0.1, 0.15) is 35.3 Å². The summed E-state index contributed by atoms with van der Waals surface area (Å²) in [5.74, 6) is -9.36. The molecule has 0 aliphatic rings. The summed E-state index contributed by atoms with van der Waals surface area (Å²) in [5.41, 5.74) is 14.0. The molecule has 287 valence electrons. The van der Waals surface area contributed by atoms with Crippen LogP contribution < -0.4 is 37.5 Å². The van der Waals surface area contributed by atoms with Crippen molar-refractivity contribution in [3.63, 3.8) is 0 Å². The van der Waals surface area contributed by atoms with E-state index in [0.29, 0.717) is 11.4 Å². The first kappa shape index (κ1) is 44.3. The summed E-state index contributed by atoms with van der Waals surface area (Å²) in [5, 5.41) is 59.8. The third kappa shape index (κ3) is 13.9. The quantitative estimate of drug-likeness (QED) is 0.0332. The van der Waals surface area contributed by atoms with Crippen molar-refractivity contribution >= 4 is 76.9 Å². The molecule has 23 nitrogen and oxygen atoms in total. The average molecular weight is 856 g/mol. The molecule has 4 atom stereocenters. The number of nitrogens with zero attached hydrogens (tertiary/aromatic N) is 5. The van der Waals surface area contributed by atoms with Crippen LogP contribution in [0.15, 0.2) is 45.2 Å². The summed E-state index contributed by atoms with van der Waals surface area (Å²) in [4.78, 5) is 92.3. The van der Waals surface area contributed by atoms with E-state index in [1.165, 1.54) is 30.5 Å². The number of carbonyl (C=O) groups is 5. The number of carboxylic acids is 3. The van der Waals surface area contributed by atoms with E-state index in [2.05, 4.69) is 58.5 Å². The molecule has 0 saturated carbocycles. The molecular formula is C29H31N11O12STc. The number of amides is 2. The number of rotatable bonds is 19. The summed E-state index contributed by atoms with van der Waals surface area (Å²) in [6.45, 7) is -0.504. The Morgan fingerprint density at radius 3 is 2.24 bits per heavy atom. The number of nitrogens with one attached hydrogen (secondary N) is 5. The summed E-state index contributed by atoms with van der Waals surface area (Å²) < 4.78 is 8.22. The van der Waals surface area contributed by atoms with Gasteiger partial charge in [-0.05, 0) is 36.6 Å². The first-order valence-corrected chi connectivity index (χ1v) is 16.5. The molecule has 2 heterocycles. The first-order chi connectivity index (χ1) is 25.6. The van der Waals surface area contributed by atoms with Crippen molar-refractivity contribution < 1.29 is 71.9 Å². The number of nitrogen functional groups attached to an aromatic ring is 1. The van der Waals surface area contributed by atoms with Gasteiger partial charge in [0.2, 0.25) is 11.9 Å². The first-order valence-electron chi connectivity index (χ1n) is 15.1. The van der Waals surface area contributed by atoms with Crippen LogP contribution in [-0.4, -0.2) is 113 Å². The van der Waals surface area contributed by atoms with Crippen LogP contribution in [0.5, 0.6) is 0 Å². The number of aliphatic carboxylic acids is 3. The summed E-state index contributed by atoms with van der Waals surface area (Å²) >= 11 is 5.49. The van der Waals surface area contributed by atoms with Crippen molar-refractivity contribution in [1.29, 1.82) is 0 Å². The van der Waals surface area contributed by atoms with Gasteiger partial charge in [0.1, 0.15) is 12.1 Å². The average Bonchev–Trinajstić information content (AvgIpc) is 3.13. The summed E-state index contributed by atoms with van der Waals surface area (Å²) in [6, 6.07) is -1.01. The van der Waals surface area contributed by atoms with Crippen LogP contribution in [0.2, 0.25) is 0 Å². The zero-order valence-corrected chi connectivity index (χ0v) is 30.2. The van der Waals surface area contributed by atoms with Crippen LogP contribution in [0, 0.1) is 0 Å². The number of carbonyl (C=O) groups excluding carboxylic acids is 2. The molecule has 0 bridgehead atoms. The fraction of sp³-hybridized carbons (Fsp3) is 0.345. The number of benzene rings is 1. The van der Waals surface area contributed by atoms with Crippen LogP contribution >= 0.6 is 0 Å². The Morgan fingerprint density at radius 2 is 1.65 bits per heavy atom. The Labute approximate surface area is 319 Å². The third-order valence-corrected chi connectivity index (χ3v) is 7.15. The van der Waals surface area contributed by atoms with Gasteiger partial charge < -0.3 is 65.6 Å². The second kappa shape index (κ2) is 21.6. The van der Waals surface area contributed by atoms with Gasteiger partial charge in [0.15, 0.2) is 11.2 Å². The van der Waals surface area contributed by atoms with Crippen LogP contribution in [0.4, 0.5) is 11.6 Å². The SMILES string of the molecule is [NH-][C@@H](CNC(=O)CC[C@@H](NC(=O)c1ccc(NCc2cnc3nc(N)[nH]c(=O)c3n2)cc1)C(=O)O)C([O-])=N[C@@H](CC(=O)O)C([O-])=N[C@@H](C[S-])C(=O)O.[O]=[Tc+4]. The third-order valence-electron chi connectivity index (χ3n) is 6.83. The molecule has 0 fully saturated rings. The second-order valence-corrected chi connectivity index (χ2v) is 11.1. The molecule has 3 rings (SSSR count). The molecule has 25 heteroatoms. The number of aromatic nitrogens is 4. The van der Waals surface area contributed by atoms with Gasteiger partial charge >= 0.3 is 40.3 Å². The topological polar surface area (TPSA) is 391 Å². The molecule has 10 N–H and O–H groups in total. The number of H-pyrrole nitrogens is 1. The predicted molar refractivity (Wildman–Crippen MR) is 181 cm³/mol. The van der Waals surface area contributed by atoms with Gasteiger partial charge in [0.05, 0.1) is 30.9 Å². The van der Waals surface area contributed by atoms with Crippen molar-refractivity contribution in [2.75, 3.05) is 23.3 Å².